The number of methoxy groups -OCH3 is 1. The van der Waals surface area contributed by atoms with Gasteiger partial charge in [-0.05, 0) is 62.8 Å². The second-order valence-electron chi connectivity index (χ2n) is 9.66. The Morgan fingerprint density at radius 1 is 1.02 bits per heavy atom. The fourth-order valence-electron chi connectivity index (χ4n) is 4.28. The van der Waals surface area contributed by atoms with E-state index in [9.17, 15) is 4.79 Å². The number of hydrogen-bond acceptors (Lipinski definition) is 5. The molecule has 40 heavy (non-hydrogen) atoms. The van der Waals surface area contributed by atoms with Crippen LogP contribution in [0.1, 0.15) is 46.6 Å². The SMILES string of the molecule is C=N/C(=C\C(=C)OC)N1CCN(C(=O)CC)CC1.CN=C(/C=C(\C)c1ccccc1)C1=CC=C(C)C(C)=C=C1C. The van der Waals surface area contributed by atoms with Crippen LogP contribution in [-0.2, 0) is 9.53 Å². The van der Waals surface area contributed by atoms with Crippen LogP contribution >= 0.6 is 0 Å². The highest BCUT2D eigenvalue weighted by molar-refractivity contribution is 6.14. The molecule has 0 aromatic heterocycles. The second-order valence-corrected chi connectivity index (χ2v) is 9.66. The Bertz CT molecular complexity index is 1290. The highest BCUT2D eigenvalue weighted by Crippen LogP contribution is 2.22. The molecule has 3 rings (SSSR count). The summed E-state index contributed by atoms with van der Waals surface area (Å²) in [5.41, 5.74) is 11.6. The topological polar surface area (TPSA) is 57.5 Å². The highest BCUT2D eigenvalue weighted by atomic mass is 16.5. The molecule has 0 radical (unpaired) electrons. The van der Waals surface area contributed by atoms with Crippen molar-refractivity contribution in [3.05, 3.63) is 106 Å². The first-order valence-corrected chi connectivity index (χ1v) is 13.6. The molecule has 6 nitrogen and oxygen atoms in total. The molecule has 1 aliphatic carbocycles. The minimum atomic E-state index is 0.202. The van der Waals surface area contributed by atoms with Gasteiger partial charge in [-0.15, -0.1) is 5.73 Å². The number of ether oxygens (including phenoxy) is 1. The van der Waals surface area contributed by atoms with Crippen molar-refractivity contribution >= 4 is 23.9 Å². The minimum Gasteiger partial charge on any atom is -0.497 e. The molecule has 0 saturated carbocycles. The van der Waals surface area contributed by atoms with Crippen molar-refractivity contribution in [2.45, 2.75) is 41.0 Å². The van der Waals surface area contributed by atoms with E-state index in [2.05, 4.69) is 104 Å². The molecule has 1 aliphatic heterocycles. The smallest absolute Gasteiger partial charge is 0.222 e. The zero-order chi connectivity index (χ0) is 29.7. The highest BCUT2D eigenvalue weighted by Gasteiger charge is 2.21. The molecule has 1 aromatic rings. The average Bonchev–Trinajstić information content (AvgIpc) is 3.11. The van der Waals surface area contributed by atoms with Gasteiger partial charge in [0.1, 0.15) is 11.6 Å². The van der Waals surface area contributed by atoms with Crippen LogP contribution in [0, 0.1) is 0 Å². The number of carbonyl (C=O) groups is 1. The molecule has 0 N–H and O–H groups in total. The first-order valence-electron chi connectivity index (χ1n) is 13.6. The maximum atomic E-state index is 11.6. The van der Waals surface area contributed by atoms with Crippen molar-refractivity contribution in [2.75, 3.05) is 40.3 Å². The summed E-state index contributed by atoms with van der Waals surface area (Å²) >= 11 is 0. The minimum absolute atomic E-state index is 0.202. The summed E-state index contributed by atoms with van der Waals surface area (Å²) in [6, 6.07) is 10.4. The third-order valence-electron chi connectivity index (χ3n) is 6.94. The zero-order valence-electron chi connectivity index (χ0n) is 25.3. The van der Waals surface area contributed by atoms with Crippen molar-refractivity contribution in [2.24, 2.45) is 9.98 Å². The summed E-state index contributed by atoms with van der Waals surface area (Å²) in [4.78, 5) is 24.0. The van der Waals surface area contributed by atoms with Crippen LogP contribution in [0.2, 0.25) is 0 Å². The van der Waals surface area contributed by atoms with E-state index in [1.54, 1.807) is 13.2 Å². The number of piperazine rings is 1. The third-order valence-corrected chi connectivity index (χ3v) is 6.94. The van der Waals surface area contributed by atoms with Gasteiger partial charge in [0.25, 0.3) is 0 Å². The summed E-state index contributed by atoms with van der Waals surface area (Å²) in [5.74, 6) is 1.49. The molecular weight excluding hydrogens is 496 g/mol. The number of carbonyl (C=O) groups excluding carboxylic acids is 1. The number of nitrogens with zero attached hydrogens (tertiary/aromatic N) is 4. The van der Waals surface area contributed by atoms with Crippen LogP contribution in [0.4, 0.5) is 0 Å². The van der Waals surface area contributed by atoms with E-state index in [1.165, 1.54) is 22.3 Å². The summed E-state index contributed by atoms with van der Waals surface area (Å²) < 4.78 is 5.00. The van der Waals surface area contributed by atoms with Gasteiger partial charge in [0, 0.05) is 56.9 Å². The summed E-state index contributed by atoms with van der Waals surface area (Å²) in [7, 11) is 3.41. The van der Waals surface area contributed by atoms with E-state index < -0.39 is 0 Å². The molecule has 1 aromatic carbocycles. The third kappa shape index (κ3) is 9.25. The van der Waals surface area contributed by atoms with Gasteiger partial charge in [0.15, 0.2) is 0 Å². The van der Waals surface area contributed by atoms with Crippen molar-refractivity contribution in [3.8, 4) is 0 Å². The fraction of sp³-hybridized carbons (Fsp3) is 0.353. The standard InChI is InChI=1S/C21H23N.C13H21N3O2/c1-15-11-12-20(18(4)13-16(15)2)21(22-5)14-17(3)19-9-7-6-8-10-19;1-5-13(17)16-8-6-15(7-9-16)12(14-3)10-11(2)18-4/h6-12,14H,1-5H3;10H,2-3,5-9H2,1,4H3/b17-14+,22-21?;12-10+. The lowest BCUT2D eigenvalue weighted by Gasteiger charge is -2.35. The van der Waals surface area contributed by atoms with E-state index >= 15 is 0 Å². The summed E-state index contributed by atoms with van der Waals surface area (Å²) in [6.45, 7) is 20.6. The predicted octanol–water partition coefficient (Wildman–Crippen LogP) is 6.78. The Morgan fingerprint density at radius 2 is 1.65 bits per heavy atom. The van der Waals surface area contributed by atoms with Gasteiger partial charge < -0.3 is 14.5 Å². The van der Waals surface area contributed by atoms with Crippen LogP contribution in [0.25, 0.3) is 5.57 Å². The molecule has 0 bridgehead atoms. The Morgan fingerprint density at radius 3 is 2.20 bits per heavy atom. The van der Waals surface area contributed by atoms with Crippen molar-refractivity contribution in [3.63, 3.8) is 0 Å². The number of rotatable bonds is 8. The molecule has 212 valence electrons. The number of allylic oxidation sites excluding steroid dienone is 8. The Kier molecular flexibility index (Phi) is 12.9. The van der Waals surface area contributed by atoms with Gasteiger partial charge >= 0.3 is 0 Å². The quantitative estimate of drug-likeness (QED) is 0.158. The van der Waals surface area contributed by atoms with Gasteiger partial charge in [-0.1, -0.05) is 56.0 Å². The van der Waals surface area contributed by atoms with Gasteiger partial charge in [0.05, 0.1) is 12.8 Å². The normalized spacial score (nSPS) is 16.4. The number of benzene rings is 1. The van der Waals surface area contributed by atoms with E-state index in [0.717, 1.165) is 48.9 Å². The Hall–Kier alpha value is -4.15. The second kappa shape index (κ2) is 16.1. The lowest BCUT2D eigenvalue weighted by molar-refractivity contribution is -0.132. The molecule has 0 unspecified atom stereocenters. The van der Waals surface area contributed by atoms with E-state index in [-0.39, 0.29) is 5.91 Å². The first kappa shape index (κ1) is 32.1. The first-order chi connectivity index (χ1) is 19.1. The monoisotopic (exact) mass is 540 g/mol. The fourth-order valence-corrected chi connectivity index (χ4v) is 4.28. The molecule has 0 spiro atoms. The number of aliphatic imine (C=N–C) groups is 2. The molecule has 1 heterocycles. The molecule has 2 aliphatic rings. The maximum Gasteiger partial charge on any atom is 0.222 e. The molecule has 1 fully saturated rings. The van der Waals surface area contributed by atoms with Crippen molar-refractivity contribution < 1.29 is 9.53 Å². The largest absolute Gasteiger partial charge is 0.497 e. The number of hydrogen-bond donors (Lipinski definition) is 0. The Labute approximate surface area is 240 Å². The lowest BCUT2D eigenvalue weighted by atomic mass is 9.98. The summed E-state index contributed by atoms with van der Waals surface area (Å²) in [6.07, 6.45) is 8.75. The van der Waals surface area contributed by atoms with Gasteiger partial charge in [-0.2, -0.15) is 0 Å². The molecule has 6 heteroatoms. The van der Waals surface area contributed by atoms with Gasteiger partial charge in [-0.3, -0.25) is 9.79 Å². The van der Waals surface area contributed by atoms with Crippen LogP contribution in [0.15, 0.2) is 111 Å². The van der Waals surface area contributed by atoms with Gasteiger partial charge in [-0.25, -0.2) is 4.99 Å². The molecule has 1 amide bonds. The lowest BCUT2D eigenvalue weighted by Crippen LogP contribution is -2.47. The Balaban J connectivity index is 0.000000286. The van der Waals surface area contributed by atoms with E-state index in [1.807, 2.05) is 24.9 Å². The summed E-state index contributed by atoms with van der Waals surface area (Å²) in [5, 5.41) is 0. The van der Waals surface area contributed by atoms with Crippen molar-refractivity contribution in [1.29, 1.82) is 0 Å². The zero-order valence-corrected chi connectivity index (χ0v) is 25.3. The predicted molar refractivity (Wildman–Crippen MR) is 169 cm³/mol. The molecular formula is C34H44N4O2. The van der Waals surface area contributed by atoms with E-state index in [4.69, 9.17) is 4.74 Å². The molecule has 1 saturated heterocycles. The maximum absolute atomic E-state index is 11.6. The average molecular weight is 541 g/mol. The van der Waals surface area contributed by atoms with E-state index in [0.29, 0.717) is 12.2 Å². The number of amides is 1. The van der Waals surface area contributed by atoms with Crippen LogP contribution in [0.5, 0.6) is 0 Å². The molecule has 0 atom stereocenters. The van der Waals surface area contributed by atoms with Gasteiger partial charge in [0.2, 0.25) is 5.91 Å². The van der Waals surface area contributed by atoms with Crippen LogP contribution in [-0.4, -0.2) is 68.5 Å². The van der Waals surface area contributed by atoms with Crippen molar-refractivity contribution in [1.82, 2.24) is 9.80 Å². The van der Waals surface area contributed by atoms with Crippen LogP contribution in [0.3, 0.4) is 0 Å². The van der Waals surface area contributed by atoms with Crippen LogP contribution < -0.4 is 0 Å².